The quantitative estimate of drug-likeness (QED) is 0.776. The molecule has 0 bridgehead atoms. The summed E-state index contributed by atoms with van der Waals surface area (Å²) in [6, 6.07) is 3.87. The Morgan fingerprint density at radius 1 is 1.64 bits per heavy atom. The van der Waals surface area contributed by atoms with Crippen LogP contribution in [0.15, 0.2) is 17.5 Å². The number of thiophene rings is 1. The Labute approximate surface area is 87.9 Å². The van der Waals surface area contributed by atoms with Crippen LogP contribution in [0.2, 0.25) is 0 Å². The molecular weight excluding hydrogens is 198 g/mol. The highest BCUT2D eigenvalue weighted by Crippen LogP contribution is 2.17. The van der Waals surface area contributed by atoms with E-state index in [1.165, 1.54) is 0 Å². The number of carbonyl (C=O) groups is 1. The standard InChI is InChI=1S/C10H15NO2S/c1-10(2,7-11)9(12)13-6-8-4-3-5-14-8/h3-5H,6-7,11H2,1-2H3. The zero-order valence-corrected chi connectivity index (χ0v) is 9.26. The number of hydrogen-bond acceptors (Lipinski definition) is 4. The van der Waals surface area contributed by atoms with Crippen molar-refractivity contribution in [2.75, 3.05) is 6.54 Å². The molecule has 78 valence electrons. The molecular formula is C10H15NO2S. The van der Waals surface area contributed by atoms with E-state index in [1.807, 2.05) is 17.5 Å². The lowest BCUT2D eigenvalue weighted by atomic mass is 9.94. The van der Waals surface area contributed by atoms with Crippen molar-refractivity contribution in [1.82, 2.24) is 0 Å². The summed E-state index contributed by atoms with van der Waals surface area (Å²) in [6.07, 6.45) is 0. The minimum atomic E-state index is -0.586. The molecule has 0 spiro atoms. The van der Waals surface area contributed by atoms with Crippen molar-refractivity contribution in [2.24, 2.45) is 11.1 Å². The number of nitrogens with two attached hydrogens (primary N) is 1. The number of esters is 1. The Hall–Kier alpha value is -0.870. The molecule has 14 heavy (non-hydrogen) atoms. The molecule has 0 saturated heterocycles. The Morgan fingerprint density at radius 2 is 2.36 bits per heavy atom. The fourth-order valence-electron chi connectivity index (χ4n) is 0.810. The summed E-state index contributed by atoms with van der Waals surface area (Å²) in [5, 5.41) is 1.96. The van der Waals surface area contributed by atoms with Gasteiger partial charge < -0.3 is 10.5 Å². The Balaban J connectivity index is 2.43. The van der Waals surface area contributed by atoms with E-state index in [9.17, 15) is 4.79 Å². The lowest BCUT2D eigenvalue weighted by Gasteiger charge is -2.19. The van der Waals surface area contributed by atoms with Gasteiger partial charge in [-0.25, -0.2) is 0 Å². The molecule has 0 aromatic carbocycles. The van der Waals surface area contributed by atoms with Crippen LogP contribution in [0.5, 0.6) is 0 Å². The van der Waals surface area contributed by atoms with E-state index in [0.717, 1.165) is 4.88 Å². The summed E-state index contributed by atoms with van der Waals surface area (Å²) in [5.74, 6) is -0.242. The molecule has 0 fully saturated rings. The topological polar surface area (TPSA) is 52.3 Å². The zero-order valence-electron chi connectivity index (χ0n) is 8.45. The van der Waals surface area contributed by atoms with Crippen LogP contribution in [0.1, 0.15) is 18.7 Å². The van der Waals surface area contributed by atoms with Crippen LogP contribution in [0, 0.1) is 5.41 Å². The first-order chi connectivity index (χ1) is 6.56. The van der Waals surface area contributed by atoms with Gasteiger partial charge in [-0.2, -0.15) is 0 Å². The average Bonchev–Trinajstić information content (AvgIpc) is 2.66. The molecule has 1 aromatic rings. The molecule has 1 aromatic heterocycles. The Kier molecular flexibility index (Phi) is 3.66. The normalized spacial score (nSPS) is 11.4. The van der Waals surface area contributed by atoms with Crippen LogP contribution in [0.3, 0.4) is 0 Å². The first-order valence-corrected chi connectivity index (χ1v) is 5.34. The molecule has 0 unspecified atom stereocenters. The van der Waals surface area contributed by atoms with E-state index >= 15 is 0 Å². The third-order valence-electron chi connectivity index (χ3n) is 1.99. The predicted octanol–water partition coefficient (Wildman–Crippen LogP) is 1.78. The highest BCUT2D eigenvalue weighted by Gasteiger charge is 2.27. The maximum absolute atomic E-state index is 11.5. The second-order valence-electron chi connectivity index (χ2n) is 3.74. The Bertz CT molecular complexity index is 293. The van der Waals surface area contributed by atoms with Crippen LogP contribution in [-0.2, 0) is 16.1 Å². The van der Waals surface area contributed by atoms with Crippen LogP contribution >= 0.6 is 11.3 Å². The van der Waals surface area contributed by atoms with Gasteiger partial charge in [0.2, 0.25) is 0 Å². The second-order valence-corrected chi connectivity index (χ2v) is 4.78. The van der Waals surface area contributed by atoms with Crippen LogP contribution in [-0.4, -0.2) is 12.5 Å². The lowest BCUT2D eigenvalue weighted by Crippen LogP contribution is -2.34. The fraction of sp³-hybridized carbons (Fsp3) is 0.500. The lowest BCUT2D eigenvalue weighted by molar-refractivity contribution is -0.154. The molecule has 0 aliphatic heterocycles. The minimum absolute atomic E-state index is 0.242. The molecule has 2 N–H and O–H groups in total. The molecule has 3 nitrogen and oxygen atoms in total. The van der Waals surface area contributed by atoms with E-state index in [2.05, 4.69) is 0 Å². The molecule has 4 heteroatoms. The van der Waals surface area contributed by atoms with Crippen molar-refractivity contribution >= 4 is 17.3 Å². The molecule has 1 heterocycles. The van der Waals surface area contributed by atoms with E-state index in [-0.39, 0.29) is 5.97 Å². The maximum atomic E-state index is 11.5. The van der Waals surface area contributed by atoms with Crippen molar-refractivity contribution in [3.8, 4) is 0 Å². The van der Waals surface area contributed by atoms with Gasteiger partial charge in [0.05, 0.1) is 5.41 Å². The van der Waals surface area contributed by atoms with Crippen LogP contribution < -0.4 is 5.73 Å². The molecule has 0 aliphatic rings. The average molecular weight is 213 g/mol. The summed E-state index contributed by atoms with van der Waals surface area (Å²) in [5.41, 5.74) is 4.87. The van der Waals surface area contributed by atoms with E-state index < -0.39 is 5.41 Å². The molecule has 0 aliphatic carbocycles. The summed E-state index contributed by atoms with van der Waals surface area (Å²) >= 11 is 1.57. The van der Waals surface area contributed by atoms with Gasteiger partial charge in [-0.1, -0.05) is 6.07 Å². The van der Waals surface area contributed by atoms with Crippen molar-refractivity contribution in [3.05, 3.63) is 22.4 Å². The molecule has 0 radical (unpaired) electrons. The molecule has 0 saturated carbocycles. The summed E-state index contributed by atoms with van der Waals surface area (Å²) in [6.45, 7) is 4.21. The van der Waals surface area contributed by atoms with Crippen LogP contribution in [0.25, 0.3) is 0 Å². The minimum Gasteiger partial charge on any atom is -0.460 e. The monoisotopic (exact) mass is 213 g/mol. The fourth-order valence-corrected chi connectivity index (χ4v) is 1.43. The second kappa shape index (κ2) is 4.57. The number of rotatable bonds is 4. The van der Waals surface area contributed by atoms with Gasteiger partial charge >= 0.3 is 5.97 Å². The predicted molar refractivity (Wildman–Crippen MR) is 57.0 cm³/mol. The first-order valence-electron chi connectivity index (χ1n) is 4.46. The van der Waals surface area contributed by atoms with E-state index in [1.54, 1.807) is 25.2 Å². The van der Waals surface area contributed by atoms with E-state index in [0.29, 0.717) is 13.2 Å². The molecule has 0 atom stereocenters. The smallest absolute Gasteiger partial charge is 0.313 e. The highest BCUT2D eigenvalue weighted by molar-refractivity contribution is 7.09. The van der Waals surface area contributed by atoms with Gasteiger partial charge in [0.15, 0.2) is 0 Å². The number of ether oxygens (including phenoxy) is 1. The number of hydrogen-bond donors (Lipinski definition) is 1. The molecule has 0 amide bonds. The van der Waals surface area contributed by atoms with Gasteiger partial charge in [0, 0.05) is 11.4 Å². The largest absolute Gasteiger partial charge is 0.460 e. The van der Waals surface area contributed by atoms with Gasteiger partial charge in [-0.15, -0.1) is 11.3 Å². The first kappa shape index (κ1) is 11.2. The zero-order chi connectivity index (χ0) is 10.6. The van der Waals surface area contributed by atoms with Gasteiger partial charge in [-0.05, 0) is 25.3 Å². The van der Waals surface area contributed by atoms with Crippen molar-refractivity contribution in [3.63, 3.8) is 0 Å². The van der Waals surface area contributed by atoms with Gasteiger partial charge in [-0.3, -0.25) is 4.79 Å². The third-order valence-corrected chi connectivity index (χ3v) is 2.84. The highest BCUT2D eigenvalue weighted by atomic mass is 32.1. The number of carbonyl (C=O) groups excluding carboxylic acids is 1. The van der Waals surface area contributed by atoms with E-state index in [4.69, 9.17) is 10.5 Å². The third kappa shape index (κ3) is 2.82. The van der Waals surface area contributed by atoms with Crippen LogP contribution in [0.4, 0.5) is 0 Å². The summed E-state index contributed by atoms with van der Waals surface area (Å²) in [7, 11) is 0. The Morgan fingerprint density at radius 3 is 2.86 bits per heavy atom. The van der Waals surface area contributed by atoms with Gasteiger partial charge in [0.1, 0.15) is 6.61 Å². The van der Waals surface area contributed by atoms with Gasteiger partial charge in [0.25, 0.3) is 0 Å². The maximum Gasteiger partial charge on any atom is 0.313 e. The van der Waals surface area contributed by atoms with Crippen molar-refractivity contribution in [1.29, 1.82) is 0 Å². The SMILES string of the molecule is CC(C)(CN)C(=O)OCc1cccs1. The summed E-state index contributed by atoms with van der Waals surface area (Å²) in [4.78, 5) is 12.5. The summed E-state index contributed by atoms with van der Waals surface area (Å²) < 4.78 is 5.13. The van der Waals surface area contributed by atoms with Crippen molar-refractivity contribution in [2.45, 2.75) is 20.5 Å². The van der Waals surface area contributed by atoms with Crippen molar-refractivity contribution < 1.29 is 9.53 Å². The molecule has 1 rings (SSSR count).